The lowest BCUT2D eigenvalue weighted by Crippen LogP contribution is -2.37. The van der Waals surface area contributed by atoms with Crippen LogP contribution in [-0.4, -0.2) is 44.2 Å². The summed E-state index contributed by atoms with van der Waals surface area (Å²) in [6.07, 6.45) is 3.50. The molecule has 0 unspecified atom stereocenters. The van der Waals surface area contributed by atoms with E-state index in [-0.39, 0.29) is 6.03 Å². The number of likely N-dealkylation sites (tertiary alicyclic amines) is 1. The number of ether oxygens (including phenoxy) is 1. The van der Waals surface area contributed by atoms with Gasteiger partial charge in [-0.05, 0) is 50.4 Å². The predicted octanol–water partition coefficient (Wildman–Crippen LogP) is 3.08. The first-order chi connectivity index (χ1) is 11.1. The van der Waals surface area contributed by atoms with Crippen molar-refractivity contribution < 1.29 is 13.9 Å². The summed E-state index contributed by atoms with van der Waals surface area (Å²) in [7, 11) is 1.44. The molecule has 1 aliphatic rings. The molecule has 1 fully saturated rings. The smallest absolute Gasteiger partial charge is 0.319 e. The number of urea groups is 1. The molecule has 0 aromatic heterocycles. The van der Waals surface area contributed by atoms with Gasteiger partial charge < -0.3 is 20.3 Å². The van der Waals surface area contributed by atoms with Crippen LogP contribution in [0.15, 0.2) is 18.2 Å². The standard InChI is InChI=1S/C17H26FN3O2/c1-13-5-3-9-21(12-13)10-4-8-19-17(22)20-15-7-6-14(18)11-16(15)23-2/h6-7,11,13H,3-5,8-10,12H2,1-2H3,(H2,19,20,22)/t13-/m0/s1. The van der Waals surface area contributed by atoms with E-state index in [2.05, 4.69) is 22.5 Å². The van der Waals surface area contributed by atoms with E-state index >= 15 is 0 Å². The van der Waals surface area contributed by atoms with E-state index in [1.54, 1.807) is 0 Å². The van der Waals surface area contributed by atoms with Crippen LogP contribution in [0.25, 0.3) is 0 Å². The van der Waals surface area contributed by atoms with Crippen LogP contribution in [0.3, 0.4) is 0 Å². The lowest BCUT2D eigenvalue weighted by Gasteiger charge is -2.30. The molecule has 2 N–H and O–H groups in total. The molecule has 2 rings (SSSR count). The number of benzene rings is 1. The molecule has 1 aromatic rings. The third-order valence-corrected chi connectivity index (χ3v) is 4.09. The molecule has 5 nitrogen and oxygen atoms in total. The van der Waals surface area contributed by atoms with Gasteiger partial charge in [0.15, 0.2) is 0 Å². The van der Waals surface area contributed by atoms with Crippen molar-refractivity contribution >= 4 is 11.7 Å². The zero-order chi connectivity index (χ0) is 16.7. The number of hydrogen-bond acceptors (Lipinski definition) is 3. The van der Waals surface area contributed by atoms with Crippen molar-refractivity contribution in [1.29, 1.82) is 0 Å². The normalized spacial score (nSPS) is 18.5. The van der Waals surface area contributed by atoms with Crippen LogP contribution < -0.4 is 15.4 Å². The van der Waals surface area contributed by atoms with Crippen LogP contribution in [0.5, 0.6) is 5.75 Å². The lowest BCUT2D eigenvalue weighted by molar-refractivity contribution is 0.182. The Balaban J connectivity index is 1.69. The first-order valence-corrected chi connectivity index (χ1v) is 8.19. The Morgan fingerprint density at radius 3 is 3.04 bits per heavy atom. The van der Waals surface area contributed by atoms with Gasteiger partial charge >= 0.3 is 6.03 Å². The highest BCUT2D eigenvalue weighted by Gasteiger charge is 2.15. The maximum Gasteiger partial charge on any atom is 0.319 e. The fourth-order valence-corrected chi connectivity index (χ4v) is 2.93. The van der Waals surface area contributed by atoms with Crippen molar-refractivity contribution in [2.75, 3.05) is 38.6 Å². The Hall–Kier alpha value is -1.82. The minimum Gasteiger partial charge on any atom is -0.494 e. The Kier molecular flexibility index (Phi) is 6.65. The number of nitrogens with zero attached hydrogens (tertiary/aromatic N) is 1. The monoisotopic (exact) mass is 323 g/mol. The van der Waals surface area contributed by atoms with Crippen LogP contribution in [0.2, 0.25) is 0 Å². The SMILES string of the molecule is COc1cc(F)ccc1NC(=O)NCCCN1CCC[C@H](C)C1. The van der Waals surface area contributed by atoms with Gasteiger partial charge in [0.1, 0.15) is 11.6 Å². The number of rotatable bonds is 6. The summed E-state index contributed by atoms with van der Waals surface area (Å²) in [5.41, 5.74) is 0.455. The van der Waals surface area contributed by atoms with Crippen molar-refractivity contribution in [2.45, 2.75) is 26.2 Å². The Labute approximate surface area is 137 Å². The lowest BCUT2D eigenvalue weighted by atomic mass is 10.0. The van der Waals surface area contributed by atoms with Crippen molar-refractivity contribution in [2.24, 2.45) is 5.92 Å². The number of piperidine rings is 1. The molecule has 23 heavy (non-hydrogen) atoms. The molecular weight excluding hydrogens is 297 g/mol. The second-order valence-corrected chi connectivity index (χ2v) is 6.13. The number of methoxy groups -OCH3 is 1. The molecule has 0 aliphatic carbocycles. The molecule has 1 aliphatic heterocycles. The van der Waals surface area contributed by atoms with Gasteiger partial charge in [0, 0.05) is 19.2 Å². The summed E-state index contributed by atoms with van der Waals surface area (Å²) in [4.78, 5) is 14.3. The topological polar surface area (TPSA) is 53.6 Å². The van der Waals surface area contributed by atoms with Gasteiger partial charge in [0.2, 0.25) is 0 Å². The van der Waals surface area contributed by atoms with E-state index in [1.165, 1.54) is 38.2 Å². The summed E-state index contributed by atoms with van der Waals surface area (Å²) in [6, 6.07) is 3.72. The van der Waals surface area contributed by atoms with Gasteiger partial charge in [-0.25, -0.2) is 9.18 Å². The zero-order valence-electron chi connectivity index (χ0n) is 13.9. The van der Waals surface area contributed by atoms with Crippen molar-refractivity contribution in [3.8, 4) is 5.75 Å². The molecular formula is C17H26FN3O2. The minimum absolute atomic E-state index is 0.304. The summed E-state index contributed by atoms with van der Waals surface area (Å²) in [6.45, 7) is 6.21. The summed E-state index contributed by atoms with van der Waals surface area (Å²) < 4.78 is 18.2. The van der Waals surface area contributed by atoms with E-state index in [1.807, 2.05) is 0 Å². The largest absolute Gasteiger partial charge is 0.494 e. The molecule has 0 spiro atoms. The fraction of sp³-hybridized carbons (Fsp3) is 0.588. The third kappa shape index (κ3) is 5.71. The average molecular weight is 323 g/mol. The number of hydrogen-bond donors (Lipinski definition) is 2. The molecule has 128 valence electrons. The van der Waals surface area contributed by atoms with E-state index in [9.17, 15) is 9.18 Å². The molecule has 2 amide bonds. The van der Waals surface area contributed by atoms with E-state index < -0.39 is 5.82 Å². The van der Waals surface area contributed by atoms with E-state index in [0.29, 0.717) is 18.0 Å². The molecule has 0 bridgehead atoms. The number of carbonyl (C=O) groups excluding carboxylic acids is 1. The molecule has 1 heterocycles. The average Bonchev–Trinajstić information content (AvgIpc) is 2.53. The number of halogens is 1. The fourth-order valence-electron chi connectivity index (χ4n) is 2.93. The quantitative estimate of drug-likeness (QED) is 0.791. The summed E-state index contributed by atoms with van der Waals surface area (Å²) >= 11 is 0. The summed E-state index contributed by atoms with van der Waals surface area (Å²) in [5.74, 6) is 0.678. The van der Waals surface area contributed by atoms with Crippen LogP contribution in [0.1, 0.15) is 26.2 Å². The first-order valence-electron chi connectivity index (χ1n) is 8.19. The van der Waals surface area contributed by atoms with Crippen LogP contribution in [0.4, 0.5) is 14.9 Å². The van der Waals surface area contributed by atoms with E-state index in [4.69, 9.17) is 4.74 Å². The zero-order valence-corrected chi connectivity index (χ0v) is 13.9. The second kappa shape index (κ2) is 8.72. The van der Waals surface area contributed by atoms with Crippen LogP contribution >= 0.6 is 0 Å². The highest BCUT2D eigenvalue weighted by atomic mass is 19.1. The molecule has 0 radical (unpaired) electrons. The van der Waals surface area contributed by atoms with Crippen molar-refractivity contribution in [1.82, 2.24) is 10.2 Å². The first kappa shape index (κ1) is 17.5. The Morgan fingerprint density at radius 2 is 2.30 bits per heavy atom. The minimum atomic E-state index is -0.399. The maximum atomic E-state index is 13.1. The van der Waals surface area contributed by atoms with Gasteiger partial charge in [-0.15, -0.1) is 0 Å². The Bertz CT molecular complexity index is 525. The third-order valence-electron chi connectivity index (χ3n) is 4.09. The highest BCUT2D eigenvalue weighted by Crippen LogP contribution is 2.24. The van der Waals surface area contributed by atoms with Crippen LogP contribution in [0, 0.1) is 11.7 Å². The van der Waals surface area contributed by atoms with Gasteiger partial charge in [-0.2, -0.15) is 0 Å². The van der Waals surface area contributed by atoms with Gasteiger partial charge in [-0.3, -0.25) is 0 Å². The number of amides is 2. The van der Waals surface area contributed by atoms with Crippen LogP contribution in [-0.2, 0) is 0 Å². The maximum absolute atomic E-state index is 13.1. The van der Waals surface area contributed by atoms with E-state index in [0.717, 1.165) is 32.0 Å². The molecule has 6 heteroatoms. The van der Waals surface area contributed by atoms with Crippen molar-refractivity contribution in [3.63, 3.8) is 0 Å². The molecule has 1 aromatic carbocycles. The van der Waals surface area contributed by atoms with Crippen molar-refractivity contribution in [3.05, 3.63) is 24.0 Å². The number of anilines is 1. The number of carbonyl (C=O) groups is 1. The van der Waals surface area contributed by atoms with Gasteiger partial charge in [-0.1, -0.05) is 6.92 Å². The molecule has 0 saturated carbocycles. The second-order valence-electron chi connectivity index (χ2n) is 6.13. The predicted molar refractivity (Wildman–Crippen MR) is 89.4 cm³/mol. The molecule has 1 saturated heterocycles. The summed E-state index contributed by atoms with van der Waals surface area (Å²) in [5, 5.41) is 5.50. The van der Waals surface area contributed by atoms with Gasteiger partial charge in [0.25, 0.3) is 0 Å². The number of nitrogens with one attached hydrogen (secondary N) is 2. The Morgan fingerprint density at radius 1 is 1.48 bits per heavy atom. The highest BCUT2D eigenvalue weighted by molar-refractivity contribution is 5.90. The van der Waals surface area contributed by atoms with Gasteiger partial charge in [0.05, 0.1) is 12.8 Å². The molecule has 1 atom stereocenters.